The number of rotatable bonds is 5. The van der Waals surface area contributed by atoms with Crippen LogP contribution >= 0.6 is 11.8 Å². The largest absolute Gasteiger partial charge is 0.465 e. The van der Waals surface area contributed by atoms with Crippen molar-refractivity contribution in [3.63, 3.8) is 0 Å². The van der Waals surface area contributed by atoms with E-state index in [0.29, 0.717) is 27.6 Å². The van der Waals surface area contributed by atoms with Crippen LogP contribution < -0.4 is 0 Å². The molecule has 0 radical (unpaired) electrons. The maximum Gasteiger partial charge on any atom is 0.338 e. The minimum Gasteiger partial charge on any atom is -0.465 e. The molecule has 1 saturated heterocycles. The topological polar surface area (TPSA) is 85.3 Å². The van der Waals surface area contributed by atoms with Crippen LogP contribution in [-0.4, -0.2) is 40.3 Å². The van der Waals surface area contributed by atoms with Gasteiger partial charge in [0.2, 0.25) is 5.91 Å². The lowest BCUT2D eigenvalue weighted by Gasteiger charge is -2.33. The molecule has 32 heavy (non-hydrogen) atoms. The molecule has 164 valence electrons. The van der Waals surface area contributed by atoms with Gasteiger partial charge in [0.25, 0.3) is 0 Å². The number of amidine groups is 1. The molecular weight excluding hydrogens is 428 g/mol. The van der Waals surface area contributed by atoms with Crippen molar-refractivity contribution in [3.05, 3.63) is 82.6 Å². The number of esters is 2. The first-order valence-corrected chi connectivity index (χ1v) is 11.0. The molecule has 2 aromatic carbocycles. The van der Waals surface area contributed by atoms with Crippen LogP contribution in [-0.2, 0) is 25.7 Å². The Balaban J connectivity index is 1.70. The van der Waals surface area contributed by atoms with Crippen molar-refractivity contribution in [2.45, 2.75) is 31.7 Å². The Labute approximate surface area is 190 Å². The first kappa shape index (κ1) is 21.8. The zero-order valence-corrected chi connectivity index (χ0v) is 18.7. The third-order valence-electron chi connectivity index (χ3n) is 5.34. The van der Waals surface area contributed by atoms with E-state index in [9.17, 15) is 14.4 Å². The average molecular weight is 451 g/mol. The quantitative estimate of drug-likeness (QED) is 0.643. The van der Waals surface area contributed by atoms with E-state index in [4.69, 9.17) is 9.47 Å². The molecular formula is C24H22N2O5S. The molecule has 2 heterocycles. The molecule has 0 aromatic heterocycles. The number of nitrogens with zero attached hydrogens (tertiary/aromatic N) is 2. The summed E-state index contributed by atoms with van der Waals surface area (Å²) in [6, 6.07) is 15.4. The number of thioether (sulfide) groups is 1. The van der Waals surface area contributed by atoms with E-state index in [1.165, 1.54) is 18.9 Å². The van der Waals surface area contributed by atoms with E-state index in [1.807, 2.05) is 37.3 Å². The fraction of sp³-hybridized carbons (Fsp3) is 0.250. The molecule has 4 rings (SSSR count). The first-order chi connectivity index (χ1) is 15.4. The molecule has 0 aliphatic carbocycles. The van der Waals surface area contributed by atoms with E-state index in [-0.39, 0.29) is 17.8 Å². The zero-order chi connectivity index (χ0) is 22.8. The highest BCUT2D eigenvalue weighted by Crippen LogP contribution is 2.43. The molecule has 0 saturated carbocycles. The Morgan fingerprint density at radius 2 is 1.75 bits per heavy atom. The van der Waals surface area contributed by atoms with Gasteiger partial charge in [0, 0.05) is 0 Å². The molecule has 1 amide bonds. The van der Waals surface area contributed by atoms with E-state index in [2.05, 4.69) is 4.99 Å². The van der Waals surface area contributed by atoms with Crippen LogP contribution in [0.4, 0.5) is 0 Å². The summed E-state index contributed by atoms with van der Waals surface area (Å²) in [5.74, 6) is -1.12. The third-order valence-corrected chi connectivity index (χ3v) is 6.39. The van der Waals surface area contributed by atoms with E-state index in [1.54, 1.807) is 36.1 Å². The van der Waals surface area contributed by atoms with Gasteiger partial charge in [-0.3, -0.25) is 9.69 Å². The summed E-state index contributed by atoms with van der Waals surface area (Å²) in [5.41, 5.74) is 2.73. The average Bonchev–Trinajstić information content (AvgIpc) is 3.09. The molecule has 0 spiro atoms. The minimum absolute atomic E-state index is 0.111. The lowest BCUT2D eigenvalue weighted by atomic mass is 9.93. The summed E-state index contributed by atoms with van der Waals surface area (Å²) < 4.78 is 10.4. The van der Waals surface area contributed by atoms with Gasteiger partial charge in [0.15, 0.2) is 5.17 Å². The van der Waals surface area contributed by atoms with Gasteiger partial charge >= 0.3 is 11.9 Å². The van der Waals surface area contributed by atoms with Crippen LogP contribution in [0.15, 0.2) is 70.9 Å². The number of ether oxygens (including phenoxy) is 2. The number of hydrogen-bond donors (Lipinski definition) is 0. The second kappa shape index (κ2) is 9.00. The SMILES string of the molecule is COC(=O)c1ccc(C2C(C(=O)OCc3ccccc3)=C(C)N=C3SC(C)C(=O)N32)cc1. The van der Waals surface area contributed by atoms with Crippen molar-refractivity contribution in [3.8, 4) is 0 Å². The fourth-order valence-corrected chi connectivity index (χ4v) is 4.73. The normalized spacial score (nSPS) is 20.0. The van der Waals surface area contributed by atoms with Crippen molar-refractivity contribution < 1.29 is 23.9 Å². The summed E-state index contributed by atoms with van der Waals surface area (Å²) in [5, 5.41) is 0.250. The standard InChI is InChI=1S/C24H22N2O5S/c1-14-19(23(29)31-13-16-7-5-4-6-8-16)20(26-21(27)15(2)32-24(26)25-14)17-9-11-18(12-10-17)22(28)30-3/h4-12,15,20H,13H2,1-3H3. The molecule has 2 aliphatic heterocycles. The molecule has 8 heteroatoms. The molecule has 1 fully saturated rings. The Kier molecular flexibility index (Phi) is 6.14. The molecule has 0 bridgehead atoms. The monoisotopic (exact) mass is 450 g/mol. The molecule has 2 aromatic rings. The van der Waals surface area contributed by atoms with Crippen LogP contribution in [0.5, 0.6) is 0 Å². The van der Waals surface area contributed by atoms with Crippen LogP contribution in [0.3, 0.4) is 0 Å². The number of allylic oxidation sites excluding steroid dienone is 1. The highest BCUT2D eigenvalue weighted by atomic mass is 32.2. The zero-order valence-electron chi connectivity index (χ0n) is 17.9. The number of benzene rings is 2. The Bertz CT molecular complexity index is 1120. The van der Waals surface area contributed by atoms with Crippen LogP contribution in [0.25, 0.3) is 0 Å². The van der Waals surface area contributed by atoms with Gasteiger partial charge in [-0.05, 0) is 37.1 Å². The molecule has 0 N–H and O–H groups in total. The van der Waals surface area contributed by atoms with E-state index >= 15 is 0 Å². The second-order valence-corrected chi connectivity index (χ2v) is 8.75. The number of aliphatic imine (C=N–C) groups is 1. The van der Waals surface area contributed by atoms with Crippen molar-refractivity contribution in [2.24, 2.45) is 4.99 Å². The maximum absolute atomic E-state index is 13.2. The van der Waals surface area contributed by atoms with Gasteiger partial charge in [-0.15, -0.1) is 0 Å². The number of carbonyl (C=O) groups is 3. The van der Waals surface area contributed by atoms with Crippen molar-refractivity contribution in [1.29, 1.82) is 0 Å². The highest BCUT2D eigenvalue weighted by molar-refractivity contribution is 8.15. The second-order valence-electron chi connectivity index (χ2n) is 7.44. The van der Waals surface area contributed by atoms with Crippen molar-refractivity contribution in [2.75, 3.05) is 7.11 Å². The first-order valence-electron chi connectivity index (χ1n) is 10.1. The lowest BCUT2D eigenvalue weighted by Crippen LogP contribution is -2.40. The van der Waals surface area contributed by atoms with Gasteiger partial charge < -0.3 is 9.47 Å². The van der Waals surface area contributed by atoms with Gasteiger partial charge in [-0.1, -0.05) is 54.2 Å². The summed E-state index contributed by atoms with van der Waals surface area (Å²) in [4.78, 5) is 44.1. The van der Waals surface area contributed by atoms with Crippen LogP contribution in [0.2, 0.25) is 0 Å². The Morgan fingerprint density at radius 3 is 2.41 bits per heavy atom. The van der Waals surface area contributed by atoms with Crippen molar-refractivity contribution >= 4 is 34.8 Å². The third kappa shape index (κ3) is 4.05. The lowest BCUT2D eigenvalue weighted by molar-refractivity contribution is -0.141. The summed E-state index contributed by atoms with van der Waals surface area (Å²) in [6.07, 6.45) is 0. The van der Waals surface area contributed by atoms with Gasteiger partial charge in [-0.25, -0.2) is 14.6 Å². The van der Waals surface area contributed by atoms with Crippen LogP contribution in [0.1, 0.15) is 41.4 Å². The highest BCUT2D eigenvalue weighted by Gasteiger charge is 2.46. The van der Waals surface area contributed by atoms with Gasteiger partial charge in [0.1, 0.15) is 6.61 Å². The smallest absolute Gasteiger partial charge is 0.338 e. The van der Waals surface area contributed by atoms with Crippen molar-refractivity contribution in [1.82, 2.24) is 4.90 Å². The minimum atomic E-state index is -0.692. The summed E-state index contributed by atoms with van der Waals surface area (Å²) in [7, 11) is 1.31. The predicted octanol–water partition coefficient (Wildman–Crippen LogP) is 3.87. The predicted molar refractivity (Wildman–Crippen MR) is 121 cm³/mol. The summed E-state index contributed by atoms with van der Waals surface area (Å²) >= 11 is 1.36. The number of fused-ring (bicyclic) bond motifs is 1. The van der Waals surface area contributed by atoms with Gasteiger partial charge in [-0.2, -0.15) is 0 Å². The summed E-state index contributed by atoms with van der Waals surface area (Å²) in [6.45, 7) is 3.67. The van der Waals surface area contributed by atoms with E-state index < -0.39 is 18.0 Å². The molecule has 2 unspecified atom stereocenters. The van der Waals surface area contributed by atoms with Crippen LogP contribution in [0, 0.1) is 0 Å². The Morgan fingerprint density at radius 1 is 1.06 bits per heavy atom. The van der Waals surface area contributed by atoms with E-state index in [0.717, 1.165) is 5.56 Å². The number of methoxy groups -OCH3 is 1. The number of amides is 1. The molecule has 2 atom stereocenters. The molecule has 7 nitrogen and oxygen atoms in total. The number of carbonyl (C=O) groups excluding carboxylic acids is 3. The fourth-order valence-electron chi connectivity index (χ4n) is 3.70. The Hall–Kier alpha value is -3.39. The molecule has 2 aliphatic rings. The van der Waals surface area contributed by atoms with Gasteiger partial charge in [0.05, 0.1) is 35.2 Å². The number of hydrogen-bond acceptors (Lipinski definition) is 7. The maximum atomic E-state index is 13.2.